The SMILES string of the molecule is O=[N+]([O-])c1ccc(CN(S(=O)(=O)c2ccccc2)S(=O)(=O)c2ccccc2)cc1. The average molecular weight is 432 g/mol. The van der Waals surface area contributed by atoms with Crippen molar-refractivity contribution in [2.45, 2.75) is 16.3 Å². The number of benzene rings is 3. The summed E-state index contributed by atoms with van der Waals surface area (Å²) >= 11 is 0. The molecule has 0 bridgehead atoms. The van der Waals surface area contributed by atoms with Crippen molar-refractivity contribution < 1.29 is 21.8 Å². The quantitative estimate of drug-likeness (QED) is 0.418. The highest BCUT2D eigenvalue weighted by atomic mass is 32.3. The van der Waals surface area contributed by atoms with Crippen LogP contribution >= 0.6 is 0 Å². The Morgan fingerprint density at radius 1 is 0.690 bits per heavy atom. The van der Waals surface area contributed by atoms with Gasteiger partial charge in [-0.2, -0.15) is 0 Å². The van der Waals surface area contributed by atoms with Gasteiger partial charge in [0.1, 0.15) is 0 Å². The Morgan fingerprint density at radius 2 is 1.10 bits per heavy atom. The number of nitro benzene ring substituents is 1. The Labute approximate surface area is 168 Å². The minimum atomic E-state index is -4.42. The van der Waals surface area contributed by atoms with Gasteiger partial charge in [-0.25, -0.2) is 16.8 Å². The highest BCUT2D eigenvalue weighted by molar-refractivity contribution is 8.04. The normalized spacial score (nSPS) is 12.0. The molecule has 3 aromatic rings. The van der Waals surface area contributed by atoms with E-state index in [0.717, 1.165) is 0 Å². The van der Waals surface area contributed by atoms with Crippen molar-refractivity contribution in [1.29, 1.82) is 0 Å². The second-order valence-corrected chi connectivity index (χ2v) is 9.95. The molecule has 0 atom stereocenters. The fraction of sp³-hybridized carbons (Fsp3) is 0.0526. The van der Waals surface area contributed by atoms with E-state index in [1.165, 1.54) is 72.8 Å². The molecule has 29 heavy (non-hydrogen) atoms. The van der Waals surface area contributed by atoms with Crippen LogP contribution in [0.3, 0.4) is 0 Å². The Bertz CT molecular complexity index is 1140. The molecule has 0 aliphatic heterocycles. The first kappa shape index (κ1) is 20.6. The topological polar surface area (TPSA) is 115 Å². The summed E-state index contributed by atoms with van der Waals surface area (Å²) in [6, 6.07) is 19.5. The number of hydrogen-bond donors (Lipinski definition) is 0. The molecule has 3 rings (SSSR count). The van der Waals surface area contributed by atoms with Gasteiger partial charge in [-0.1, -0.05) is 52.2 Å². The fourth-order valence-electron chi connectivity index (χ4n) is 2.59. The van der Waals surface area contributed by atoms with Crippen LogP contribution in [0.1, 0.15) is 5.56 Å². The van der Waals surface area contributed by atoms with Crippen LogP contribution in [-0.4, -0.2) is 25.5 Å². The van der Waals surface area contributed by atoms with Gasteiger partial charge in [0.2, 0.25) is 0 Å². The van der Waals surface area contributed by atoms with Gasteiger partial charge in [-0.15, -0.1) is 0 Å². The minimum Gasteiger partial charge on any atom is -0.258 e. The molecule has 0 aliphatic rings. The fourth-order valence-corrected chi connectivity index (χ4v) is 6.25. The first-order valence-corrected chi connectivity index (χ1v) is 11.2. The maximum atomic E-state index is 13.2. The van der Waals surface area contributed by atoms with Crippen LogP contribution in [0.5, 0.6) is 0 Å². The second-order valence-electron chi connectivity index (χ2n) is 5.99. The summed E-state index contributed by atoms with van der Waals surface area (Å²) < 4.78 is 53.1. The van der Waals surface area contributed by atoms with Gasteiger partial charge in [0.25, 0.3) is 25.7 Å². The summed E-state index contributed by atoms with van der Waals surface area (Å²) in [5.74, 6) is 0. The average Bonchev–Trinajstić information content (AvgIpc) is 2.73. The molecular weight excluding hydrogens is 416 g/mol. The van der Waals surface area contributed by atoms with E-state index in [0.29, 0.717) is 3.71 Å². The lowest BCUT2D eigenvalue weighted by Crippen LogP contribution is -2.36. The van der Waals surface area contributed by atoms with Crippen molar-refractivity contribution >= 4 is 25.7 Å². The predicted octanol–water partition coefficient (Wildman–Crippen LogP) is 3.17. The lowest BCUT2D eigenvalue weighted by molar-refractivity contribution is -0.384. The molecule has 0 unspecified atom stereocenters. The van der Waals surface area contributed by atoms with E-state index in [-0.39, 0.29) is 21.0 Å². The van der Waals surface area contributed by atoms with E-state index in [1.807, 2.05) is 0 Å². The first-order chi connectivity index (χ1) is 13.7. The van der Waals surface area contributed by atoms with Crippen molar-refractivity contribution in [2.24, 2.45) is 0 Å². The molecular formula is C19H16N2O6S2. The van der Waals surface area contributed by atoms with Gasteiger partial charge in [0.15, 0.2) is 0 Å². The summed E-state index contributed by atoms with van der Waals surface area (Å²) in [5.41, 5.74) is 0.103. The van der Waals surface area contributed by atoms with E-state index >= 15 is 0 Å². The highest BCUT2D eigenvalue weighted by Gasteiger charge is 2.36. The molecule has 8 nitrogen and oxygen atoms in total. The maximum Gasteiger partial charge on any atom is 0.269 e. The third kappa shape index (κ3) is 4.34. The van der Waals surface area contributed by atoms with Crippen molar-refractivity contribution in [3.8, 4) is 0 Å². The van der Waals surface area contributed by atoms with Crippen molar-refractivity contribution in [1.82, 2.24) is 3.71 Å². The zero-order chi connectivity index (χ0) is 21.1. The van der Waals surface area contributed by atoms with Crippen LogP contribution in [0.4, 0.5) is 5.69 Å². The molecule has 10 heteroatoms. The van der Waals surface area contributed by atoms with Crippen molar-refractivity contribution in [3.05, 3.63) is 101 Å². The lowest BCUT2D eigenvalue weighted by atomic mass is 10.2. The van der Waals surface area contributed by atoms with E-state index in [4.69, 9.17) is 0 Å². The van der Waals surface area contributed by atoms with Crippen LogP contribution < -0.4 is 0 Å². The number of hydrogen-bond acceptors (Lipinski definition) is 6. The third-order valence-corrected chi connectivity index (χ3v) is 8.32. The van der Waals surface area contributed by atoms with Crippen molar-refractivity contribution in [3.63, 3.8) is 0 Å². The molecule has 3 aromatic carbocycles. The monoisotopic (exact) mass is 432 g/mol. The van der Waals surface area contributed by atoms with Crippen LogP contribution in [0.25, 0.3) is 0 Å². The molecule has 0 radical (unpaired) electrons. The zero-order valence-electron chi connectivity index (χ0n) is 15.0. The number of non-ortho nitro benzene ring substituents is 1. The van der Waals surface area contributed by atoms with Gasteiger partial charge in [0.05, 0.1) is 21.3 Å². The molecule has 0 fully saturated rings. The third-order valence-electron chi connectivity index (χ3n) is 4.08. The summed E-state index contributed by atoms with van der Waals surface area (Å²) in [4.78, 5) is 9.87. The van der Waals surface area contributed by atoms with Crippen LogP contribution in [-0.2, 0) is 26.6 Å². The Morgan fingerprint density at radius 3 is 1.48 bits per heavy atom. The molecule has 0 aromatic heterocycles. The lowest BCUT2D eigenvalue weighted by Gasteiger charge is -2.22. The molecule has 0 spiro atoms. The molecule has 150 valence electrons. The van der Waals surface area contributed by atoms with Crippen LogP contribution in [0.15, 0.2) is 94.7 Å². The molecule has 0 N–H and O–H groups in total. The first-order valence-electron chi connectivity index (χ1n) is 8.34. The maximum absolute atomic E-state index is 13.2. The molecule has 0 amide bonds. The van der Waals surface area contributed by atoms with Crippen LogP contribution in [0.2, 0.25) is 0 Å². The molecule has 0 saturated carbocycles. The van der Waals surface area contributed by atoms with Crippen molar-refractivity contribution in [2.75, 3.05) is 0 Å². The Kier molecular flexibility index (Phi) is 5.78. The number of rotatable bonds is 7. The van der Waals surface area contributed by atoms with E-state index < -0.39 is 31.5 Å². The predicted molar refractivity (Wildman–Crippen MR) is 106 cm³/mol. The van der Waals surface area contributed by atoms with Gasteiger partial charge < -0.3 is 0 Å². The molecule has 0 heterocycles. The molecule has 0 aliphatic carbocycles. The van der Waals surface area contributed by atoms with Gasteiger partial charge in [-0.05, 0) is 29.8 Å². The highest BCUT2D eigenvalue weighted by Crippen LogP contribution is 2.27. The summed E-state index contributed by atoms with van der Waals surface area (Å²) in [6.45, 7) is -0.507. The van der Waals surface area contributed by atoms with Gasteiger partial charge in [0, 0.05) is 12.1 Å². The van der Waals surface area contributed by atoms with Gasteiger partial charge in [-0.3, -0.25) is 10.1 Å². The Hall–Kier alpha value is -3.08. The second kappa shape index (κ2) is 8.11. The number of nitrogens with zero attached hydrogens (tertiary/aromatic N) is 2. The summed E-state index contributed by atoms with van der Waals surface area (Å²) in [5, 5.41) is 10.8. The van der Waals surface area contributed by atoms with E-state index in [1.54, 1.807) is 12.1 Å². The van der Waals surface area contributed by atoms with Gasteiger partial charge >= 0.3 is 0 Å². The number of nitro groups is 1. The summed E-state index contributed by atoms with van der Waals surface area (Å²) in [6.07, 6.45) is 0. The zero-order valence-corrected chi connectivity index (χ0v) is 16.6. The smallest absolute Gasteiger partial charge is 0.258 e. The van der Waals surface area contributed by atoms with E-state index in [2.05, 4.69) is 0 Å². The van der Waals surface area contributed by atoms with Crippen LogP contribution in [0, 0.1) is 10.1 Å². The standard InChI is InChI=1S/C19H16N2O6S2/c22-21(23)17-13-11-16(12-14-17)15-20(28(24,25)18-7-3-1-4-8-18)29(26,27)19-9-5-2-6-10-19/h1-14H,15H2. The molecule has 0 saturated heterocycles. The van der Waals surface area contributed by atoms with E-state index in [9.17, 15) is 26.9 Å². The largest absolute Gasteiger partial charge is 0.269 e. The Balaban J connectivity index is 2.10. The number of sulfonamides is 2. The minimum absolute atomic E-state index is 0.179. The summed E-state index contributed by atoms with van der Waals surface area (Å²) in [7, 11) is -8.84.